The number of carbonyl (C=O) groups is 1. The molecule has 0 aromatic carbocycles. The maximum atomic E-state index is 11.1. The van der Waals surface area contributed by atoms with Crippen LogP contribution in [0.3, 0.4) is 0 Å². The lowest BCUT2D eigenvalue weighted by molar-refractivity contribution is -0.138. The zero-order chi connectivity index (χ0) is 13.3. The predicted molar refractivity (Wildman–Crippen MR) is 62.7 cm³/mol. The van der Waals surface area contributed by atoms with Crippen molar-refractivity contribution in [3.63, 3.8) is 0 Å². The van der Waals surface area contributed by atoms with Crippen LogP contribution in [-0.2, 0) is 4.79 Å². The zero-order valence-corrected chi connectivity index (χ0v) is 10.2. The SMILES string of the molecule is COc1cc(C)nc(N2CC(O)CC2C(=O)O)n1. The van der Waals surface area contributed by atoms with Crippen molar-refractivity contribution in [2.45, 2.75) is 25.5 Å². The second-order valence-electron chi connectivity index (χ2n) is 4.25. The first-order valence-electron chi connectivity index (χ1n) is 5.58. The standard InChI is InChI=1S/C11H15N3O4/c1-6-3-9(18-2)13-11(12-6)14-5-7(15)4-8(14)10(16)17/h3,7-8,15H,4-5H2,1-2H3,(H,16,17). The van der Waals surface area contributed by atoms with Gasteiger partial charge in [-0.3, -0.25) is 0 Å². The van der Waals surface area contributed by atoms with E-state index in [4.69, 9.17) is 9.84 Å². The Morgan fingerprint density at radius 3 is 2.89 bits per heavy atom. The van der Waals surface area contributed by atoms with E-state index in [0.717, 1.165) is 0 Å². The highest BCUT2D eigenvalue weighted by Crippen LogP contribution is 2.24. The highest BCUT2D eigenvalue weighted by molar-refractivity contribution is 5.78. The number of aliphatic hydroxyl groups excluding tert-OH is 1. The van der Waals surface area contributed by atoms with E-state index in [1.807, 2.05) is 0 Å². The molecule has 1 aromatic rings. The van der Waals surface area contributed by atoms with E-state index in [2.05, 4.69) is 9.97 Å². The van der Waals surface area contributed by atoms with Crippen molar-refractivity contribution in [1.82, 2.24) is 9.97 Å². The van der Waals surface area contributed by atoms with Crippen LogP contribution < -0.4 is 9.64 Å². The van der Waals surface area contributed by atoms with Gasteiger partial charge in [0.25, 0.3) is 0 Å². The molecule has 0 spiro atoms. The molecule has 7 nitrogen and oxygen atoms in total. The molecule has 2 unspecified atom stereocenters. The lowest BCUT2D eigenvalue weighted by Crippen LogP contribution is -2.37. The predicted octanol–water partition coefficient (Wildman–Crippen LogP) is -0.182. The van der Waals surface area contributed by atoms with E-state index in [-0.39, 0.29) is 18.9 Å². The fraction of sp³-hybridized carbons (Fsp3) is 0.545. The molecule has 18 heavy (non-hydrogen) atoms. The van der Waals surface area contributed by atoms with Crippen LogP contribution in [0.15, 0.2) is 6.07 Å². The molecular weight excluding hydrogens is 238 g/mol. The van der Waals surface area contributed by atoms with Crippen LogP contribution in [0.2, 0.25) is 0 Å². The number of anilines is 1. The van der Waals surface area contributed by atoms with Gasteiger partial charge in [0.2, 0.25) is 11.8 Å². The van der Waals surface area contributed by atoms with E-state index < -0.39 is 18.1 Å². The van der Waals surface area contributed by atoms with Crippen LogP contribution in [0.25, 0.3) is 0 Å². The lowest BCUT2D eigenvalue weighted by Gasteiger charge is -2.21. The molecule has 2 atom stereocenters. The van der Waals surface area contributed by atoms with Gasteiger partial charge in [0, 0.05) is 24.7 Å². The van der Waals surface area contributed by atoms with Crippen LogP contribution >= 0.6 is 0 Å². The van der Waals surface area contributed by atoms with Gasteiger partial charge in [-0.2, -0.15) is 4.98 Å². The van der Waals surface area contributed by atoms with E-state index in [1.54, 1.807) is 13.0 Å². The van der Waals surface area contributed by atoms with E-state index >= 15 is 0 Å². The number of hydrogen-bond donors (Lipinski definition) is 2. The molecule has 1 fully saturated rings. The number of hydrogen-bond acceptors (Lipinski definition) is 6. The van der Waals surface area contributed by atoms with Gasteiger partial charge in [-0.05, 0) is 6.92 Å². The highest BCUT2D eigenvalue weighted by atomic mass is 16.5. The van der Waals surface area contributed by atoms with Gasteiger partial charge >= 0.3 is 5.97 Å². The number of aryl methyl sites for hydroxylation is 1. The van der Waals surface area contributed by atoms with Gasteiger partial charge in [-0.25, -0.2) is 9.78 Å². The number of β-amino-alcohol motifs (C(OH)–C–C–N with tert-alkyl or cyclic N) is 1. The van der Waals surface area contributed by atoms with Crippen molar-refractivity contribution in [2.75, 3.05) is 18.6 Å². The number of ether oxygens (including phenoxy) is 1. The molecule has 1 aliphatic rings. The van der Waals surface area contributed by atoms with Crippen LogP contribution in [0.1, 0.15) is 12.1 Å². The van der Waals surface area contributed by atoms with Crippen molar-refractivity contribution in [3.05, 3.63) is 11.8 Å². The normalized spacial score (nSPS) is 23.2. The van der Waals surface area contributed by atoms with Gasteiger partial charge in [-0.15, -0.1) is 0 Å². The molecule has 0 aliphatic carbocycles. The minimum absolute atomic E-state index is 0.176. The molecule has 1 aliphatic heterocycles. The average Bonchev–Trinajstić information content (AvgIpc) is 2.70. The number of methoxy groups -OCH3 is 1. The van der Waals surface area contributed by atoms with Crippen LogP contribution in [0, 0.1) is 6.92 Å². The number of aromatic nitrogens is 2. The number of aliphatic carboxylic acids is 1. The van der Waals surface area contributed by atoms with Crippen LogP contribution in [0.4, 0.5) is 5.95 Å². The van der Waals surface area contributed by atoms with E-state index in [1.165, 1.54) is 12.0 Å². The number of rotatable bonds is 3. The Balaban J connectivity index is 2.35. The first-order valence-corrected chi connectivity index (χ1v) is 5.58. The summed E-state index contributed by atoms with van der Waals surface area (Å²) in [4.78, 5) is 20.9. The van der Waals surface area contributed by atoms with Gasteiger partial charge in [0.15, 0.2) is 0 Å². The fourth-order valence-corrected chi connectivity index (χ4v) is 2.03. The molecule has 1 saturated heterocycles. The van der Waals surface area contributed by atoms with Gasteiger partial charge in [-0.1, -0.05) is 0 Å². The first-order chi connectivity index (χ1) is 8.51. The second kappa shape index (κ2) is 4.77. The Bertz CT molecular complexity index is 466. The van der Waals surface area contributed by atoms with Crippen molar-refractivity contribution in [1.29, 1.82) is 0 Å². The third-order valence-electron chi connectivity index (χ3n) is 2.85. The largest absolute Gasteiger partial charge is 0.481 e. The summed E-state index contributed by atoms with van der Waals surface area (Å²) in [5, 5.41) is 18.7. The van der Waals surface area contributed by atoms with E-state index in [9.17, 15) is 9.90 Å². The summed E-state index contributed by atoms with van der Waals surface area (Å²) in [5.74, 6) is -0.338. The number of carboxylic acid groups (broad SMARTS) is 1. The topological polar surface area (TPSA) is 95.8 Å². The van der Waals surface area contributed by atoms with Crippen LogP contribution in [-0.4, -0.2) is 52.0 Å². The Morgan fingerprint density at radius 2 is 2.28 bits per heavy atom. The third kappa shape index (κ3) is 2.35. The molecule has 0 saturated carbocycles. The molecule has 0 radical (unpaired) electrons. The summed E-state index contributed by atoms with van der Waals surface area (Å²) in [7, 11) is 1.49. The Hall–Kier alpha value is -1.89. The molecule has 0 amide bonds. The minimum atomic E-state index is -0.990. The maximum absolute atomic E-state index is 11.1. The van der Waals surface area contributed by atoms with E-state index in [0.29, 0.717) is 11.6 Å². The fourth-order valence-electron chi connectivity index (χ4n) is 2.03. The molecule has 2 rings (SSSR count). The Labute approximate surface area is 104 Å². The lowest BCUT2D eigenvalue weighted by atomic mass is 10.2. The third-order valence-corrected chi connectivity index (χ3v) is 2.85. The van der Waals surface area contributed by atoms with Gasteiger partial charge in [0.05, 0.1) is 13.2 Å². The zero-order valence-electron chi connectivity index (χ0n) is 10.2. The van der Waals surface area contributed by atoms with Crippen molar-refractivity contribution in [3.8, 4) is 5.88 Å². The smallest absolute Gasteiger partial charge is 0.326 e. The monoisotopic (exact) mass is 253 g/mol. The highest BCUT2D eigenvalue weighted by Gasteiger charge is 2.37. The summed E-state index contributed by atoms with van der Waals surface area (Å²) in [5.41, 5.74) is 0.683. The summed E-state index contributed by atoms with van der Waals surface area (Å²) in [6, 6.07) is 0.859. The first kappa shape index (κ1) is 12.6. The Kier molecular flexibility index (Phi) is 3.33. The molecule has 98 valence electrons. The number of nitrogens with zero attached hydrogens (tertiary/aromatic N) is 3. The summed E-state index contributed by atoms with van der Waals surface area (Å²) < 4.78 is 5.03. The van der Waals surface area contributed by atoms with Crippen LogP contribution in [0.5, 0.6) is 5.88 Å². The summed E-state index contributed by atoms with van der Waals surface area (Å²) >= 11 is 0. The molecule has 1 aromatic heterocycles. The van der Waals surface area contributed by atoms with Gasteiger partial charge < -0.3 is 19.8 Å². The second-order valence-corrected chi connectivity index (χ2v) is 4.25. The summed E-state index contributed by atoms with van der Waals surface area (Å²) in [6.45, 7) is 1.99. The van der Waals surface area contributed by atoms with Crippen molar-refractivity contribution in [2.24, 2.45) is 0 Å². The van der Waals surface area contributed by atoms with Crippen molar-refractivity contribution < 1.29 is 19.7 Å². The summed E-state index contributed by atoms with van der Waals surface area (Å²) in [6.07, 6.45) is -0.504. The molecular formula is C11H15N3O4. The number of aliphatic hydroxyl groups is 1. The van der Waals surface area contributed by atoms with Gasteiger partial charge in [0.1, 0.15) is 6.04 Å². The van der Waals surface area contributed by atoms with Crippen molar-refractivity contribution >= 4 is 11.9 Å². The minimum Gasteiger partial charge on any atom is -0.481 e. The molecule has 0 bridgehead atoms. The quantitative estimate of drug-likeness (QED) is 0.771. The maximum Gasteiger partial charge on any atom is 0.326 e. The Morgan fingerprint density at radius 1 is 1.56 bits per heavy atom. The molecule has 2 N–H and O–H groups in total. The average molecular weight is 253 g/mol. The number of carboxylic acids is 1. The molecule has 7 heteroatoms. The molecule has 2 heterocycles.